The Morgan fingerprint density at radius 3 is 2.17 bits per heavy atom. The number of anilines is 1. The third-order valence-corrected chi connectivity index (χ3v) is 5.36. The topological polar surface area (TPSA) is 48.7 Å². The van der Waals surface area contributed by atoms with Crippen molar-refractivity contribution >= 4 is 11.6 Å². The van der Waals surface area contributed by atoms with Crippen molar-refractivity contribution in [2.24, 2.45) is 0 Å². The van der Waals surface area contributed by atoms with Gasteiger partial charge in [-0.15, -0.1) is 0 Å². The van der Waals surface area contributed by atoms with Crippen molar-refractivity contribution in [3.05, 3.63) is 89.4 Å². The van der Waals surface area contributed by atoms with Crippen molar-refractivity contribution < 1.29 is 9.21 Å². The number of amides is 1. The molecule has 1 N–H and O–H groups in total. The maximum Gasteiger partial charge on any atom is 0.255 e. The lowest BCUT2D eigenvalue weighted by molar-refractivity contribution is 0.102. The van der Waals surface area contributed by atoms with Crippen molar-refractivity contribution in [3.63, 3.8) is 0 Å². The van der Waals surface area contributed by atoms with Crippen molar-refractivity contribution in [2.45, 2.75) is 20.0 Å². The zero-order valence-corrected chi connectivity index (χ0v) is 16.8. The van der Waals surface area contributed by atoms with Gasteiger partial charge in [0.2, 0.25) is 0 Å². The molecule has 1 aromatic heterocycles. The maximum absolute atomic E-state index is 12.3. The molecule has 0 unspecified atom stereocenters. The van der Waals surface area contributed by atoms with Gasteiger partial charge in [0, 0.05) is 44.0 Å². The molecule has 0 spiro atoms. The van der Waals surface area contributed by atoms with Crippen LogP contribution in [0.3, 0.4) is 0 Å². The van der Waals surface area contributed by atoms with Crippen LogP contribution in [-0.2, 0) is 13.1 Å². The minimum absolute atomic E-state index is 0.0783. The second-order valence-corrected chi connectivity index (χ2v) is 7.65. The monoisotopic (exact) mass is 389 g/mol. The number of furan rings is 1. The quantitative estimate of drug-likeness (QED) is 0.688. The highest BCUT2D eigenvalue weighted by Crippen LogP contribution is 2.15. The van der Waals surface area contributed by atoms with Gasteiger partial charge in [0.05, 0.1) is 12.8 Å². The molecular formula is C24H27N3O2. The van der Waals surface area contributed by atoms with E-state index in [0.29, 0.717) is 5.56 Å². The van der Waals surface area contributed by atoms with Gasteiger partial charge < -0.3 is 9.73 Å². The number of nitrogens with one attached hydrogen (secondary N) is 1. The van der Waals surface area contributed by atoms with E-state index in [9.17, 15) is 4.79 Å². The highest BCUT2D eigenvalue weighted by atomic mass is 16.3. The summed E-state index contributed by atoms with van der Waals surface area (Å²) in [4.78, 5) is 17.2. The number of carbonyl (C=O) groups excluding carboxylic acids is 1. The van der Waals surface area contributed by atoms with E-state index in [1.807, 2.05) is 55.5 Å². The number of aryl methyl sites for hydroxylation is 1. The first-order valence-electron chi connectivity index (χ1n) is 10.1. The molecular weight excluding hydrogens is 362 g/mol. The van der Waals surface area contributed by atoms with Gasteiger partial charge >= 0.3 is 0 Å². The van der Waals surface area contributed by atoms with Gasteiger partial charge in [-0.05, 0) is 48.9 Å². The summed E-state index contributed by atoms with van der Waals surface area (Å²) < 4.78 is 5.45. The van der Waals surface area contributed by atoms with Gasteiger partial charge in [0.15, 0.2) is 0 Å². The second-order valence-electron chi connectivity index (χ2n) is 7.65. The molecule has 4 rings (SSSR count). The molecule has 150 valence electrons. The molecule has 2 heterocycles. The highest BCUT2D eigenvalue weighted by molar-refractivity contribution is 6.04. The highest BCUT2D eigenvalue weighted by Gasteiger charge is 2.17. The number of piperazine rings is 1. The Kier molecular flexibility index (Phi) is 6.08. The van der Waals surface area contributed by atoms with Gasteiger partial charge in [-0.1, -0.05) is 29.8 Å². The van der Waals surface area contributed by atoms with Crippen molar-refractivity contribution in [1.29, 1.82) is 0 Å². The van der Waals surface area contributed by atoms with Crippen LogP contribution in [0.5, 0.6) is 0 Å². The molecule has 1 amide bonds. The third kappa shape index (κ3) is 5.34. The SMILES string of the molecule is Cc1ccc(C(=O)Nc2ccc(CN3CCN(Cc4ccco4)CC3)cc2)cc1. The third-order valence-electron chi connectivity index (χ3n) is 5.36. The maximum atomic E-state index is 12.3. The van der Waals surface area contributed by atoms with E-state index in [2.05, 4.69) is 27.2 Å². The molecule has 0 atom stereocenters. The summed E-state index contributed by atoms with van der Waals surface area (Å²) in [5.41, 5.74) is 3.90. The van der Waals surface area contributed by atoms with Crippen LogP contribution in [0.15, 0.2) is 71.3 Å². The molecule has 1 aliphatic heterocycles. The Balaban J connectivity index is 1.25. The standard InChI is InChI=1S/C24H27N3O2/c1-19-4-8-21(9-5-19)24(28)25-22-10-6-20(7-11-22)17-26-12-14-27(15-13-26)18-23-3-2-16-29-23/h2-11,16H,12-15,17-18H2,1H3,(H,25,28). The fraction of sp³-hybridized carbons (Fsp3) is 0.292. The van der Waals surface area contributed by atoms with Crippen LogP contribution in [0.2, 0.25) is 0 Å². The molecule has 0 saturated carbocycles. The number of carbonyl (C=O) groups is 1. The average molecular weight is 389 g/mol. The van der Waals surface area contributed by atoms with Gasteiger partial charge in [0.1, 0.15) is 5.76 Å². The summed E-state index contributed by atoms with van der Waals surface area (Å²) in [7, 11) is 0. The van der Waals surface area contributed by atoms with Gasteiger partial charge in [-0.25, -0.2) is 0 Å². The Morgan fingerprint density at radius 2 is 1.55 bits per heavy atom. The van der Waals surface area contributed by atoms with Crippen LogP contribution in [0, 0.1) is 6.92 Å². The number of hydrogen-bond acceptors (Lipinski definition) is 4. The number of hydrogen-bond donors (Lipinski definition) is 1. The normalized spacial score (nSPS) is 15.3. The van der Waals surface area contributed by atoms with Gasteiger partial charge in [-0.2, -0.15) is 0 Å². The zero-order chi connectivity index (χ0) is 20.1. The molecule has 0 bridgehead atoms. The first kappa shape index (κ1) is 19.4. The van der Waals surface area contributed by atoms with Crippen LogP contribution in [0.1, 0.15) is 27.2 Å². The average Bonchev–Trinajstić information content (AvgIpc) is 3.24. The first-order valence-corrected chi connectivity index (χ1v) is 10.1. The fourth-order valence-corrected chi connectivity index (χ4v) is 3.59. The predicted molar refractivity (Wildman–Crippen MR) is 115 cm³/mol. The molecule has 29 heavy (non-hydrogen) atoms. The summed E-state index contributed by atoms with van der Waals surface area (Å²) in [6.07, 6.45) is 1.73. The van der Waals surface area contributed by atoms with E-state index in [1.54, 1.807) is 6.26 Å². The van der Waals surface area contributed by atoms with E-state index in [4.69, 9.17) is 4.42 Å². The van der Waals surface area contributed by atoms with Crippen LogP contribution in [-0.4, -0.2) is 41.9 Å². The zero-order valence-electron chi connectivity index (χ0n) is 16.8. The van der Waals surface area contributed by atoms with Crippen LogP contribution in [0.25, 0.3) is 0 Å². The van der Waals surface area contributed by atoms with Gasteiger partial charge in [0.25, 0.3) is 5.91 Å². The molecule has 1 fully saturated rings. The van der Waals surface area contributed by atoms with Crippen LogP contribution < -0.4 is 5.32 Å². The molecule has 0 aliphatic carbocycles. The summed E-state index contributed by atoms with van der Waals surface area (Å²) in [5, 5.41) is 2.97. The smallest absolute Gasteiger partial charge is 0.255 e. The Morgan fingerprint density at radius 1 is 0.897 bits per heavy atom. The molecule has 2 aromatic carbocycles. The second kappa shape index (κ2) is 9.07. The summed E-state index contributed by atoms with van der Waals surface area (Å²) in [6, 6.07) is 19.7. The Bertz CT molecular complexity index is 910. The number of rotatable bonds is 6. The number of benzene rings is 2. The lowest BCUT2D eigenvalue weighted by Crippen LogP contribution is -2.45. The minimum atomic E-state index is -0.0783. The van der Waals surface area contributed by atoms with E-state index >= 15 is 0 Å². The number of nitrogens with zero attached hydrogens (tertiary/aromatic N) is 2. The van der Waals surface area contributed by atoms with E-state index in [-0.39, 0.29) is 5.91 Å². The predicted octanol–water partition coefficient (Wildman–Crippen LogP) is 4.16. The van der Waals surface area contributed by atoms with E-state index in [1.165, 1.54) is 5.56 Å². The fourth-order valence-electron chi connectivity index (χ4n) is 3.59. The molecule has 5 nitrogen and oxygen atoms in total. The van der Waals surface area contributed by atoms with E-state index < -0.39 is 0 Å². The van der Waals surface area contributed by atoms with Crippen molar-refractivity contribution in [1.82, 2.24) is 9.80 Å². The van der Waals surface area contributed by atoms with Crippen molar-refractivity contribution in [2.75, 3.05) is 31.5 Å². The first-order chi connectivity index (χ1) is 14.2. The lowest BCUT2D eigenvalue weighted by atomic mass is 10.1. The van der Waals surface area contributed by atoms with Crippen LogP contribution >= 0.6 is 0 Å². The van der Waals surface area contributed by atoms with Gasteiger partial charge in [-0.3, -0.25) is 14.6 Å². The summed E-state index contributed by atoms with van der Waals surface area (Å²) in [6.45, 7) is 8.02. The Hall–Kier alpha value is -2.89. The molecule has 3 aromatic rings. The largest absolute Gasteiger partial charge is 0.468 e. The summed E-state index contributed by atoms with van der Waals surface area (Å²) in [5.74, 6) is 0.951. The van der Waals surface area contributed by atoms with E-state index in [0.717, 1.165) is 56.3 Å². The Labute approximate surface area is 171 Å². The minimum Gasteiger partial charge on any atom is -0.468 e. The van der Waals surface area contributed by atoms with Crippen molar-refractivity contribution in [3.8, 4) is 0 Å². The molecule has 1 saturated heterocycles. The molecule has 1 aliphatic rings. The molecule has 5 heteroatoms. The molecule has 0 radical (unpaired) electrons. The summed E-state index contributed by atoms with van der Waals surface area (Å²) >= 11 is 0. The van der Waals surface area contributed by atoms with Crippen LogP contribution in [0.4, 0.5) is 5.69 Å². The lowest BCUT2D eigenvalue weighted by Gasteiger charge is -2.34.